The molecule has 16 heavy (non-hydrogen) atoms. The Morgan fingerprint density at radius 3 is 2.75 bits per heavy atom. The highest BCUT2D eigenvalue weighted by Crippen LogP contribution is 2.49. The molecule has 3 N–H and O–H groups in total. The molecule has 4 nitrogen and oxygen atoms in total. The van der Waals surface area contributed by atoms with Crippen LogP contribution in [0.15, 0.2) is 6.07 Å². The molecule has 0 unspecified atom stereocenters. The van der Waals surface area contributed by atoms with E-state index in [2.05, 4.69) is 5.10 Å². The fourth-order valence-corrected chi connectivity index (χ4v) is 2.57. The molecule has 4 heteroatoms. The van der Waals surface area contributed by atoms with Crippen molar-refractivity contribution in [3.63, 3.8) is 0 Å². The largest absolute Gasteiger partial charge is 0.386 e. The van der Waals surface area contributed by atoms with Crippen LogP contribution in [0.3, 0.4) is 0 Å². The number of nitrogens with zero attached hydrogens (tertiary/aromatic N) is 2. The van der Waals surface area contributed by atoms with Gasteiger partial charge < -0.3 is 10.8 Å². The number of aromatic nitrogens is 2. The molecule has 2 rings (SSSR count). The van der Waals surface area contributed by atoms with Crippen molar-refractivity contribution in [2.75, 3.05) is 6.54 Å². The molecule has 0 amide bonds. The zero-order chi connectivity index (χ0) is 11.8. The molecule has 1 fully saturated rings. The lowest BCUT2D eigenvalue weighted by molar-refractivity contribution is -0.0346. The molecule has 1 aromatic heterocycles. The van der Waals surface area contributed by atoms with E-state index >= 15 is 0 Å². The second-order valence-corrected chi connectivity index (χ2v) is 4.85. The Balaban J connectivity index is 2.28. The number of aliphatic hydroxyl groups is 1. The van der Waals surface area contributed by atoms with Gasteiger partial charge in [0.15, 0.2) is 0 Å². The van der Waals surface area contributed by atoms with Gasteiger partial charge in [-0.25, -0.2) is 0 Å². The van der Waals surface area contributed by atoms with E-state index in [4.69, 9.17) is 5.73 Å². The minimum Gasteiger partial charge on any atom is -0.386 e. The van der Waals surface area contributed by atoms with Crippen molar-refractivity contribution in [3.05, 3.63) is 17.5 Å². The van der Waals surface area contributed by atoms with Crippen molar-refractivity contribution < 1.29 is 5.11 Å². The molecule has 0 aromatic carbocycles. The fourth-order valence-electron chi connectivity index (χ4n) is 2.57. The highest BCUT2D eigenvalue weighted by molar-refractivity contribution is 5.16. The van der Waals surface area contributed by atoms with Gasteiger partial charge in [-0.1, -0.05) is 6.42 Å². The molecular formula is C12H21N3O. The summed E-state index contributed by atoms with van der Waals surface area (Å²) in [6, 6.07) is 1.98. The van der Waals surface area contributed by atoms with E-state index in [1.165, 1.54) is 6.42 Å². The van der Waals surface area contributed by atoms with E-state index in [9.17, 15) is 5.11 Å². The Kier molecular flexibility index (Phi) is 3.04. The lowest BCUT2D eigenvalue weighted by atomic mass is 9.64. The first kappa shape index (κ1) is 11.6. The molecule has 1 saturated carbocycles. The molecule has 0 saturated heterocycles. The van der Waals surface area contributed by atoms with Gasteiger partial charge in [-0.2, -0.15) is 5.10 Å². The van der Waals surface area contributed by atoms with Crippen LogP contribution in [0.2, 0.25) is 0 Å². The lowest BCUT2D eigenvalue weighted by Crippen LogP contribution is -2.43. The minimum absolute atomic E-state index is 0.0978. The number of hydrogen-bond donors (Lipinski definition) is 2. The zero-order valence-electron chi connectivity index (χ0n) is 10.1. The van der Waals surface area contributed by atoms with Crippen molar-refractivity contribution in [3.8, 4) is 0 Å². The van der Waals surface area contributed by atoms with Gasteiger partial charge in [0.1, 0.15) is 6.10 Å². The standard InChI is InChI=1S/C12H21N3O/c1-3-15-10(7-9(2)14-15)11(16)12(8-13)5-4-6-12/h7,11,16H,3-6,8,13H2,1-2H3/t11-/m1/s1. The van der Waals surface area contributed by atoms with E-state index in [1.54, 1.807) is 0 Å². The summed E-state index contributed by atoms with van der Waals surface area (Å²) in [5, 5.41) is 14.8. The highest BCUT2D eigenvalue weighted by Gasteiger charge is 2.44. The molecule has 1 aromatic rings. The Morgan fingerprint density at radius 2 is 2.31 bits per heavy atom. The van der Waals surface area contributed by atoms with Crippen LogP contribution >= 0.6 is 0 Å². The van der Waals surface area contributed by atoms with E-state index in [0.717, 1.165) is 30.8 Å². The van der Waals surface area contributed by atoms with Crippen molar-refractivity contribution in [1.29, 1.82) is 0 Å². The summed E-state index contributed by atoms with van der Waals surface area (Å²) in [7, 11) is 0. The van der Waals surface area contributed by atoms with Crippen molar-refractivity contribution >= 4 is 0 Å². The summed E-state index contributed by atoms with van der Waals surface area (Å²) in [6.45, 7) is 5.35. The Hall–Kier alpha value is -0.870. The van der Waals surface area contributed by atoms with Crippen LogP contribution in [0, 0.1) is 12.3 Å². The van der Waals surface area contributed by atoms with Crippen LogP contribution in [0.5, 0.6) is 0 Å². The Morgan fingerprint density at radius 1 is 1.62 bits per heavy atom. The third-order valence-electron chi connectivity index (χ3n) is 3.85. The first-order valence-electron chi connectivity index (χ1n) is 6.05. The second-order valence-electron chi connectivity index (χ2n) is 4.85. The summed E-state index contributed by atoms with van der Waals surface area (Å²) in [6.07, 6.45) is 2.76. The SMILES string of the molecule is CCn1nc(C)cc1[C@@H](O)C1(CN)CCC1. The van der Waals surface area contributed by atoms with Gasteiger partial charge in [0, 0.05) is 18.5 Å². The van der Waals surface area contributed by atoms with Crippen LogP contribution in [-0.2, 0) is 6.54 Å². The summed E-state index contributed by atoms with van der Waals surface area (Å²) in [5.74, 6) is 0. The summed E-state index contributed by atoms with van der Waals surface area (Å²) < 4.78 is 1.88. The van der Waals surface area contributed by atoms with Crippen LogP contribution in [0.25, 0.3) is 0 Å². The number of aliphatic hydroxyl groups excluding tert-OH is 1. The first-order chi connectivity index (χ1) is 7.63. The monoisotopic (exact) mass is 223 g/mol. The molecule has 1 atom stereocenters. The predicted octanol–water partition coefficient (Wildman–Crippen LogP) is 1.37. The van der Waals surface area contributed by atoms with Gasteiger partial charge in [-0.3, -0.25) is 4.68 Å². The maximum absolute atomic E-state index is 10.5. The predicted molar refractivity (Wildman–Crippen MR) is 62.9 cm³/mol. The van der Waals surface area contributed by atoms with Gasteiger partial charge in [-0.05, 0) is 32.8 Å². The van der Waals surface area contributed by atoms with Gasteiger partial charge in [0.25, 0.3) is 0 Å². The number of nitrogens with two attached hydrogens (primary N) is 1. The summed E-state index contributed by atoms with van der Waals surface area (Å²) >= 11 is 0. The molecule has 0 aliphatic heterocycles. The van der Waals surface area contributed by atoms with Gasteiger partial charge in [-0.15, -0.1) is 0 Å². The average Bonchev–Trinajstić information content (AvgIpc) is 2.58. The number of rotatable bonds is 4. The molecular weight excluding hydrogens is 202 g/mol. The Labute approximate surface area is 96.5 Å². The quantitative estimate of drug-likeness (QED) is 0.810. The third kappa shape index (κ3) is 1.66. The molecule has 1 heterocycles. The molecule has 1 aliphatic rings. The molecule has 90 valence electrons. The number of aryl methyl sites for hydroxylation is 2. The molecule has 1 aliphatic carbocycles. The van der Waals surface area contributed by atoms with Crippen molar-refractivity contribution in [1.82, 2.24) is 9.78 Å². The highest BCUT2D eigenvalue weighted by atomic mass is 16.3. The summed E-state index contributed by atoms with van der Waals surface area (Å²) in [4.78, 5) is 0. The zero-order valence-corrected chi connectivity index (χ0v) is 10.1. The first-order valence-corrected chi connectivity index (χ1v) is 6.05. The minimum atomic E-state index is -0.465. The van der Waals surface area contributed by atoms with Gasteiger partial charge >= 0.3 is 0 Å². The maximum Gasteiger partial charge on any atom is 0.102 e. The van der Waals surface area contributed by atoms with Crippen LogP contribution in [0.4, 0.5) is 0 Å². The van der Waals surface area contributed by atoms with Crippen molar-refractivity contribution in [2.45, 2.75) is 45.8 Å². The summed E-state index contributed by atoms with van der Waals surface area (Å²) in [5.41, 5.74) is 7.60. The molecule has 0 bridgehead atoms. The smallest absolute Gasteiger partial charge is 0.102 e. The third-order valence-corrected chi connectivity index (χ3v) is 3.85. The molecule has 0 radical (unpaired) electrons. The average molecular weight is 223 g/mol. The van der Waals surface area contributed by atoms with Crippen LogP contribution < -0.4 is 5.73 Å². The van der Waals surface area contributed by atoms with E-state index in [-0.39, 0.29) is 5.41 Å². The van der Waals surface area contributed by atoms with E-state index < -0.39 is 6.10 Å². The van der Waals surface area contributed by atoms with E-state index in [1.807, 2.05) is 24.6 Å². The van der Waals surface area contributed by atoms with Gasteiger partial charge in [0.2, 0.25) is 0 Å². The molecule has 0 spiro atoms. The fraction of sp³-hybridized carbons (Fsp3) is 0.750. The van der Waals surface area contributed by atoms with E-state index in [0.29, 0.717) is 6.54 Å². The lowest BCUT2D eigenvalue weighted by Gasteiger charge is -2.44. The maximum atomic E-state index is 10.5. The number of hydrogen-bond acceptors (Lipinski definition) is 3. The van der Waals surface area contributed by atoms with Crippen LogP contribution in [0.1, 0.15) is 43.7 Å². The second kappa shape index (κ2) is 4.18. The van der Waals surface area contributed by atoms with Crippen molar-refractivity contribution in [2.24, 2.45) is 11.1 Å². The topological polar surface area (TPSA) is 64.1 Å². The normalized spacial score (nSPS) is 20.5. The van der Waals surface area contributed by atoms with Gasteiger partial charge in [0.05, 0.1) is 11.4 Å². The Bertz CT molecular complexity index is 363. The van der Waals surface area contributed by atoms with Crippen LogP contribution in [-0.4, -0.2) is 21.4 Å².